The van der Waals surface area contributed by atoms with Crippen LogP contribution < -0.4 is 0 Å². The second-order valence-corrected chi connectivity index (χ2v) is 4.81. The minimum Gasteiger partial charge on any atom is -0.393 e. The van der Waals surface area contributed by atoms with Crippen molar-refractivity contribution in [2.45, 2.75) is 57.3 Å². The standard InChI is InChI=1S/C12H22O3/c1-9-11(6-8-14-9)12(13)5-4-10-3-2-7-15-10/h9-13H,2-8H2,1H3. The Bertz CT molecular complexity index is 189. The second kappa shape index (κ2) is 5.28. The summed E-state index contributed by atoms with van der Waals surface area (Å²) in [6.45, 7) is 3.78. The highest BCUT2D eigenvalue weighted by Gasteiger charge is 2.31. The lowest BCUT2D eigenvalue weighted by Crippen LogP contribution is -2.27. The van der Waals surface area contributed by atoms with Crippen molar-refractivity contribution in [2.75, 3.05) is 13.2 Å². The average molecular weight is 214 g/mol. The molecular weight excluding hydrogens is 192 g/mol. The van der Waals surface area contributed by atoms with Crippen molar-refractivity contribution in [1.29, 1.82) is 0 Å². The van der Waals surface area contributed by atoms with Gasteiger partial charge in [0.15, 0.2) is 0 Å². The number of hydrogen-bond acceptors (Lipinski definition) is 3. The van der Waals surface area contributed by atoms with Crippen LogP contribution in [0.5, 0.6) is 0 Å². The Hall–Kier alpha value is -0.120. The Morgan fingerprint density at radius 1 is 1.27 bits per heavy atom. The van der Waals surface area contributed by atoms with Gasteiger partial charge in [-0.25, -0.2) is 0 Å². The van der Waals surface area contributed by atoms with Crippen molar-refractivity contribution in [3.8, 4) is 0 Å². The van der Waals surface area contributed by atoms with Crippen molar-refractivity contribution >= 4 is 0 Å². The van der Waals surface area contributed by atoms with Crippen molar-refractivity contribution in [2.24, 2.45) is 5.92 Å². The highest BCUT2D eigenvalue weighted by molar-refractivity contribution is 4.80. The first kappa shape index (κ1) is 11.4. The molecule has 2 aliphatic rings. The van der Waals surface area contributed by atoms with E-state index in [0.717, 1.165) is 32.5 Å². The van der Waals surface area contributed by atoms with Crippen LogP contribution in [0.3, 0.4) is 0 Å². The van der Waals surface area contributed by atoms with Crippen LogP contribution in [0.4, 0.5) is 0 Å². The number of aliphatic hydroxyl groups is 1. The molecule has 2 fully saturated rings. The first-order valence-electron chi connectivity index (χ1n) is 6.18. The molecule has 3 nitrogen and oxygen atoms in total. The van der Waals surface area contributed by atoms with Crippen LogP contribution in [-0.4, -0.2) is 36.6 Å². The highest BCUT2D eigenvalue weighted by Crippen LogP contribution is 2.27. The summed E-state index contributed by atoms with van der Waals surface area (Å²) < 4.78 is 11.0. The molecule has 1 N–H and O–H groups in total. The molecule has 3 heteroatoms. The first-order chi connectivity index (χ1) is 7.27. The van der Waals surface area contributed by atoms with Gasteiger partial charge in [-0.2, -0.15) is 0 Å². The Labute approximate surface area is 91.8 Å². The summed E-state index contributed by atoms with van der Waals surface area (Å²) in [4.78, 5) is 0. The van der Waals surface area contributed by atoms with E-state index < -0.39 is 0 Å². The van der Waals surface area contributed by atoms with Gasteiger partial charge in [-0.15, -0.1) is 0 Å². The van der Waals surface area contributed by atoms with Gasteiger partial charge in [0.1, 0.15) is 0 Å². The van der Waals surface area contributed by atoms with Crippen LogP contribution in [-0.2, 0) is 9.47 Å². The van der Waals surface area contributed by atoms with Crippen molar-refractivity contribution in [1.82, 2.24) is 0 Å². The predicted octanol–water partition coefficient (Wildman–Crippen LogP) is 1.73. The smallest absolute Gasteiger partial charge is 0.0600 e. The van der Waals surface area contributed by atoms with E-state index in [1.54, 1.807) is 0 Å². The van der Waals surface area contributed by atoms with Gasteiger partial charge in [0.05, 0.1) is 18.3 Å². The third-order valence-corrected chi connectivity index (χ3v) is 3.74. The van der Waals surface area contributed by atoms with E-state index in [1.165, 1.54) is 12.8 Å². The van der Waals surface area contributed by atoms with Gasteiger partial charge in [-0.05, 0) is 39.0 Å². The van der Waals surface area contributed by atoms with Crippen LogP contribution in [0.15, 0.2) is 0 Å². The maximum atomic E-state index is 10.0. The summed E-state index contributed by atoms with van der Waals surface area (Å²) in [7, 11) is 0. The van der Waals surface area contributed by atoms with Gasteiger partial charge in [0.2, 0.25) is 0 Å². The third-order valence-electron chi connectivity index (χ3n) is 3.74. The third kappa shape index (κ3) is 2.92. The largest absolute Gasteiger partial charge is 0.393 e. The zero-order valence-electron chi connectivity index (χ0n) is 9.52. The minimum absolute atomic E-state index is 0.202. The molecule has 88 valence electrons. The molecule has 0 bridgehead atoms. The summed E-state index contributed by atoms with van der Waals surface area (Å²) in [5.41, 5.74) is 0. The van der Waals surface area contributed by atoms with E-state index in [2.05, 4.69) is 6.92 Å². The van der Waals surface area contributed by atoms with Crippen molar-refractivity contribution in [3.05, 3.63) is 0 Å². The molecule has 2 aliphatic heterocycles. The normalized spacial score (nSPS) is 38.4. The van der Waals surface area contributed by atoms with Gasteiger partial charge in [-0.1, -0.05) is 0 Å². The average Bonchev–Trinajstić information content (AvgIpc) is 2.84. The fraction of sp³-hybridized carbons (Fsp3) is 1.00. The SMILES string of the molecule is CC1OCCC1C(O)CCC1CCCO1. The molecule has 0 aliphatic carbocycles. The Morgan fingerprint density at radius 2 is 2.13 bits per heavy atom. The number of hydrogen-bond donors (Lipinski definition) is 1. The maximum absolute atomic E-state index is 10.0. The fourth-order valence-electron chi connectivity index (χ4n) is 2.70. The molecular formula is C12H22O3. The minimum atomic E-state index is -0.202. The predicted molar refractivity (Wildman–Crippen MR) is 57.7 cm³/mol. The molecule has 4 unspecified atom stereocenters. The molecule has 0 aromatic rings. The lowest BCUT2D eigenvalue weighted by Gasteiger charge is -2.21. The van der Waals surface area contributed by atoms with Crippen LogP contribution in [0.1, 0.15) is 39.0 Å². The first-order valence-corrected chi connectivity index (χ1v) is 6.18. The molecule has 0 aromatic carbocycles. The van der Waals surface area contributed by atoms with Gasteiger partial charge in [-0.3, -0.25) is 0 Å². The molecule has 2 rings (SSSR count). The van der Waals surface area contributed by atoms with E-state index in [-0.39, 0.29) is 12.2 Å². The quantitative estimate of drug-likeness (QED) is 0.774. The van der Waals surface area contributed by atoms with Crippen molar-refractivity contribution in [3.63, 3.8) is 0 Å². The Kier molecular flexibility index (Phi) is 4.00. The lowest BCUT2D eigenvalue weighted by atomic mass is 9.92. The zero-order chi connectivity index (χ0) is 10.7. The summed E-state index contributed by atoms with van der Waals surface area (Å²) in [6, 6.07) is 0. The van der Waals surface area contributed by atoms with Gasteiger partial charge >= 0.3 is 0 Å². The second-order valence-electron chi connectivity index (χ2n) is 4.81. The molecule has 2 saturated heterocycles. The molecule has 0 spiro atoms. The number of ether oxygens (including phenoxy) is 2. The van der Waals surface area contributed by atoms with Crippen LogP contribution >= 0.6 is 0 Å². The monoisotopic (exact) mass is 214 g/mol. The lowest BCUT2D eigenvalue weighted by molar-refractivity contribution is 0.0262. The molecule has 0 saturated carbocycles. The number of aliphatic hydroxyl groups excluding tert-OH is 1. The highest BCUT2D eigenvalue weighted by atomic mass is 16.5. The molecule has 0 aromatic heterocycles. The maximum Gasteiger partial charge on any atom is 0.0600 e. The van der Waals surface area contributed by atoms with Crippen LogP contribution in [0, 0.1) is 5.92 Å². The van der Waals surface area contributed by atoms with E-state index in [1.807, 2.05) is 0 Å². The summed E-state index contributed by atoms with van der Waals surface area (Å²) in [5, 5.41) is 10.0. The molecule has 0 radical (unpaired) electrons. The summed E-state index contributed by atoms with van der Waals surface area (Å²) >= 11 is 0. The van der Waals surface area contributed by atoms with E-state index in [4.69, 9.17) is 9.47 Å². The van der Waals surface area contributed by atoms with Gasteiger partial charge in [0.25, 0.3) is 0 Å². The summed E-state index contributed by atoms with van der Waals surface area (Å²) in [6.07, 6.45) is 5.66. The van der Waals surface area contributed by atoms with Crippen LogP contribution in [0.2, 0.25) is 0 Å². The summed E-state index contributed by atoms with van der Waals surface area (Å²) in [5.74, 6) is 0.339. The zero-order valence-corrected chi connectivity index (χ0v) is 9.52. The molecule has 0 amide bonds. The topological polar surface area (TPSA) is 38.7 Å². The number of rotatable bonds is 4. The van der Waals surface area contributed by atoms with E-state index >= 15 is 0 Å². The molecule has 2 heterocycles. The van der Waals surface area contributed by atoms with E-state index in [9.17, 15) is 5.11 Å². The van der Waals surface area contributed by atoms with Crippen molar-refractivity contribution < 1.29 is 14.6 Å². The van der Waals surface area contributed by atoms with Gasteiger partial charge < -0.3 is 14.6 Å². The van der Waals surface area contributed by atoms with Gasteiger partial charge in [0, 0.05) is 19.1 Å². The van der Waals surface area contributed by atoms with E-state index in [0.29, 0.717) is 12.0 Å². The molecule has 15 heavy (non-hydrogen) atoms. The Morgan fingerprint density at radius 3 is 2.73 bits per heavy atom. The molecule has 4 atom stereocenters. The van der Waals surface area contributed by atoms with Crippen LogP contribution in [0.25, 0.3) is 0 Å². The fourth-order valence-corrected chi connectivity index (χ4v) is 2.70. The Balaban J connectivity index is 1.69.